The monoisotopic (exact) mass is 360 g/mol. The summed E-state index contributed by atoms with van der Waals surface area (Å²) in [5.41, 5.74) is 3.33. The molecule has 106 valence electrons. The van der Waals surface area contributed by atoms with Crippen molar-refractivity contribution in [2.24, 2.45) is 5.10 Å². The van der Waals surface area contributed by atoms with Gasteiger partial charge in [-0.15, -0.1) is 11.3 Å². The molecule has 3 rings (SSSR count). The summed E-state index contributed by atoms with van der Waals surface area (Å²) in [6.07, 6.45) is 1.89. The van der Waals surface area contributed by atoms with Crippen molar-refractivity contribution in [3.63, 3.8) is 0 Å². The largest absolute Gasteiger partial charge is 0.280 e. The summed E-state index contributed by atoms with van der Waals surface area (Å²) in [5, 5.41) is 5.84. The number of carbonyl (C=O) groups excluding carboxylic acids is 1. The van der Waals surface area contributed by atoms with Gasteiger partial charge in [0.25, 0.3) is 5.91 Å². The Bertz CT molecular complexity index is 759. The summed E-state index contributed by atoms with van der Waals surface area (Å²) in [5.74, 6) is -0.0825. The van der Waals surface area contributed by atoms with Gasteiger partial charge in [0.1, 0.15) is 0 Å². The first kappa shape index (κ1) is 14.2. The van der Waals surface area contributed by atoms with Crippen LogP contribution in [0.2, 0.25) is 0 Å². The number of carbonyl (C=O) groups is 1. The maximum atomic E-state index is 12.5. The Morgan fingerprint density at radius 1 is 1.14 bits per heavy atom. The van der Waals surface area contributed by atoms with Crippen molar-refractivity contribution in [1.29, 1.82) is 0 Å². The quantitative estimate of drug-likeness (QED) is 0.718. The third-order valence-corrected chi connectivity index (χ3v) is 4.79. The molecule has 1 aromatic heterocycles. The van der Waals surface area contributed by atoms with Gasteiger partial charge in [-0.2, -0.15) is 10.1 Å². The molecule has 0 unspecified atom stereocenters. The van der Waals surface area contributed by atoms with E-state index in [2.05, 4.69) is 21.0 Å². The van der Waals surface area contributed by atoms with E-state index < -0.39 is 0 Å². The van der Waals surface area contributed by atoms with Gasteiger partial charge < -0.3 is 0 Å². The molecular formula is C16H13BrN2OS. The maximum absolute atomic E-state index is 12.5. The van der Waals surface area contributed by atoms with E-state index in [-0.39, 0.29) is 5.91 Å². The van der Waals surface area contributed by atoms with Crippen LogP contribution >= 0.6 is 27.3 Å². The second-order valence-corrected chi connectivity index (χ2v) is 7.33. The number of aryl methyl sites for hydroxylation is 1. The summed E-state index contributed by atoms with van der Waals surface area (Å²) in [4.78, 5) is 13.6. The third-order valence-electron chi connectivity index (χ3n) is 3.22. The summed E-state index contributed by atoms with van der Waals surface area (Å²) in [6, 6.07) is 11.7. The van der Waals surface area contributed by atoms with Crippen molar-refractivity contribution in [3.8, 4) is 0 Å². The zero-order chi connectivity index (χ0) is 15.0. The van der Waals surface area contributed by atoms with Gasteiger partial charge in [0, 0.05) is 4.88 Å². The molecule has 1 amide bonds. The predicted octanol–water partition coefficient (Wildman–Crippen LogP) is 4.63. The summed E-state index contributed by atoms with van der Waals surface area (Å²) < 4.78 is 1.05. The van der Waals surface area contributed by atoms with E-state index in [1.807, 2.05) is 56.3 Å². The number of halogens is 1. The zero-order valence-corrected chi connectivity index (χ0v) is 14.0. The molecule has 3 nitrogen and oxygen atoms in total. The minimum atomic E-state index is -0.0825. The molecule has 1 aromatic carbocycles. The van der Waals surface area contributed by atoms with Crippen LogP contribution in [0.5, 0.6) is 0 Å². The van der Waals surface area contributed by atoms with Crippen molar-refractivity contribution in [3.05, 3.63) is 56.2 Å². The van der Waals surface area contributed by atoms with Crippen LogP contribution in [0.3, 0.4) is 0 Å². The number of nitrogens with zero attached hydrogens (tertiary/aromatic N) is 2. The van der Waals surface area contributed by atoms with Crippen LogP contribution in [-0.4, -0.2) is 11.6 Å². The van der Waals surface area contributed by atoms with E-state index in [4.69, 9.17) is 0 Å². The molecule has 0 fully saturated rings. The SMILES string of the molecule is CC1=NN(c2ccc(C)cc2)C(=O)/C1=C\c1ccc(Br)s1. The first-order chi connectivity index (χ1) is 10.0. The molecule has 0 aliphatic carbocycles. The van der Waals surface area contributed by atoms with Crippen molar-refractivity contribution in [2.75, 3.05) is 5.01 Å². The average Bonchev–Trinajstić information content (AvgIpc) is 2.98. The maximum Gasteiger partial charge on any atom is 0.280 e. The lowest BCUT2D eigenvalue weighted by Gasteiger charge is -2.11. The number of hydrogen-bond acceptors (Lipinski definition) is 3. The van der Waals surface area contributed by atoms with Gasteiger partial charge in [0.15, 0.2) is 0 Å². The molecule has 2 heterocycles. The standard InChI is InChI=1S/C16H13BrN2OS/c1-10-3-5-12(6-4-10)19-16(20)14(11(2)18-19)9-13-7-8-15(17)21-13/h3-9H,1-2H3/b14-9-. The van der Waals surface area contributed by atoms with Crippen LogP contribution in [0, 0.1) is 6.92 Å². The molecule has 1 aliphatic rings. The Hall–Kier alpha value is -1.72. The smallest absolute Gasteiger partial charge is 0.267 e. The highest BCUT2D eigenvalue weighted by atomic mass is 79.9. The van der Waals surface area contributed by atoms with E-state index in [1.54, 1.807) is 11.3 Å². The number of anilines is 1. The summed E-state index contributed by atoms with van der Waals surface area (Å²) in [7, 11) is 0. The fourth-order valence-corrected chi connectivity index (χ4v) is 3.46. The van der Waals surface area contributed by atoms with E-state index >= 15 is 0 Å². The molecule has 0 spiro atoms. The van der Waals surface area contributed by atoms with Crippen LogP contribution in [0.1, 0.15) is 17.4 Å². The van der Waals surface area contributed by atoms with Crippen LogP contribution in [-0.2, 0) is 4.79 Å². The lowest BCUT2D eigenvalue weighted by Crippen LogP contribution is -2.21. The minimum absolute atomic E-state index is 0.0825. The first-order valence-corrected chi connectivity index (χ1v) is 8.09. The van der Waals surface area contributed by atoms with Crippen LogP contribution in [0.4, 0.5) is 5.69 Å². The van der Waals surface area contributed by atoms with E-state index in [9.17, 15) is 4.79 Å². The summed E-state index contributed by atoms with van der Waals surface area (Å²) >= 11 is 5.02. The molecule has 0 saturated carbocycles. The molecule has 21 heavy (non-hydrogen) atoms. The lowest BCUT2D eigenvalue weighted by atomic mass is 10.1. The van der Waals surface area contributed by atoms with Gasteiger partial charge in [-0.1, -0.05) is 17.7 Å². The fourth-order valence-electron chi connectivity index (χ4n) is 2.09. The van der Waals surface area contributed by atoms with Crippen LogP contribution in [0.25, 0.3) is 6.08 Å². The molecule has 0 radical (unpaired) electrons. The molecule has 0 N–H and O–H groups in total. The van der Waals surface area contributed by atoms with E-state index in [0.29, 0.717) is 5.57 Å². The van der Waals surface area contributed by atoms with Gasteiger partial charge in [0.2, 0.25) is 0 Å². The predicted molar refractivity (Wildman–Crippen MR) is 91.8 cm³/mol. The van der Waals surface area contributed by atoms with Gasteiger partial charge in [-0.25, -0.2) is 0 Å². The second kappa shape index (κ2) is 5.58. The van der Waals surface area contributed by atoms with Crippen molar-refractivity contribution < 1.29 is 4.79 Å². The Labute approximate surface area is 135 Å². The second-order valence-electron chi connectivity index (χ2n) is 4.84. The number of hydrazone groups is 1. The van der Waals surface area contributed by atoms with Gasteiger partial charge >= 0.3 is 0 Å². The van der Waals surface area contributed by atoms with Crippen LogP contribution < -0.4 is 5.01 Å². The normalized spacial score (nSPS) is 16.7. The number of thiophene rings is 1. The average molecular weight is 361 g/mol. The van der Waals surface area contributed by atoms with Crippen molar-refractivity contribution in [1.82, 2.24) is 0 Å². The van der Waals surface area contributed by atoms with Crippen molar-refractivity contribution >= 4 is 50.6 Å². The zero-order valence-electron chi connectivity index (χ0n) is 11.6. The molecule has 0 bridgehead atoms. The van der Waals surface area contributed by atoms with E-state index in [1.165, 1.54) is 5.01 Å². The van der Waals surface area contributed by atoms with Gasteiger partial charge in [0.05, 0.1) is 20.8 Å². The third kappa shape index (κ3) is 2.84. The highest BCUT2D eigenvalue weighted by Gasteiger charge is 2.28. The topological polar surface area (TPSA) is 32.7 Å². The van der Waals surface area contributed by atoms with Gasteiger partial charge in [-0.05, 0) is 60.1 Å². The number of rotatable bonds is 2. The Kier molecular flexibility index (Phi) is 3.78. The molecule has 5 heteroatoms. The van der Waals surface area contributed by atoms with Crippen molar-refractivity contribution in [2.45, 2.75) is 13.8 Å². The fraction of sp³-hybridized carbons (Fsp3) is 0.125. The highest BCUT2D eigenvalue weighted by Crippen LogP contribution is 2.28. The molecular weight excluding hydrogens is 348 g/mol. The summed E-state index contributed by atoms with van der Waals surface area (Å²) in [6.45, 7) is 3.88. The minimum Gasteiger partial charge on any atom is -0.267 e. The number of amides is 1. The van der Waals surface area contributed by atoms with Gasteiger partial charge in [-0.3, -0.25) is 4.79 Å². The molecule has 2 aromatic rings. The molecule has 1 aliphatic heterocycles. The highest BCUT2D eigenvalue weighted by molar-refractivity contribution is 9.11. The Morgan fingerprint density at radius 2 is 1.86 bits per heavy atom. The first-order valence-electron chi connectivity index (χ1n) is 6.48. The molecule has 0 atom stereocenters. The lowest BCUT2D eigenvalue weighted by molar-refractivity contribution is -0.114. The Morgan fingerprint density at radius 3 is 2.48 bits per heavy atom. The molecule has 0 saturated heterocycles. The van der Waals surface area contributed by atoms with Crippen LogP contribution in [0.15, 0.2) is 50.9 Å². The number of benzene rings is 1. The number of hydrogen-bond donors (Lipinski definition) is 0. The Balaban J connectivity index is 1.93. The van der Waals surface area contributed by atoms with E-state index in [0.717, 1.165) is 25.6 Å².